The van der Waals surface area contributed by atoms with Crippen molar-refractivity contribution in [2.24, 2.45) is 0 Å². The van der Waals surface area contributed by atoms with Gasteiger partial charge in [-0.25, -0.2) is 0 Å². The van der Waals surface area contributed by atoms with Gasteiger partial charge in [0.25, 0.3) is 0 Å². The lowest BCUT2D eigenvalue weighted by Crippen LogP contribution is -2.28. The van der Waals surface area contributed by atoms with E-state index in [-0.39, 0.29) is 6.10 Å². The van der Waals surface area contributed by atoms with Crippen LogP contribution in [0.4, 0.5) is 0 Å². The highest BCUT2D eigenvalue weighted by molar-refractivity contribution is 5.22. The zero-order chi connectivity index (χ0) is 14.5. The number of hydrogen-bond acceptors (Lipinski definition) is 5. The summed E-state index contributed by atoms with van der Waals surface area (Å²) >= 11 is 0. The summed E-state index contributed by atoms with van der Waals surface area (Å²) in [4.78, 5) is 4.59. The van der Waals surface area contributed by atoms with Gasteiger partial charge < -0.3 is 14.6 Å². The lowest BCUT2D eigenvalue weighted by Gasteiger charge is -2.19. The van der Waals surface area contributed by atoms with Gasteiger partial charge in [-0.05, 0) is 31.9 Å². The van der Waals surface area contributed by atoms with Crippen LogP contribution in [0.5, 0.6) is 0 Å². The molecule has 1 aromatic heterocycles. The number of aromatic nitrogens is 2. The van der Waals surface area contributed by atoms with E-state index in [1.807, 2.05) is 37.3 Å². The minimum atomic E-state index is -0.259. The Kier molecular flexibility index (Phi) is 4.62. The van der Waals surface area contributed by atoms with Gasteiger partial charge in [-0.1, -0.05) is 35.5 Å². The van der Waals surface area contributed by atoms with E-state index in [4.69, 9.17) is 9.26 Å². The third kappa shape index (κ3) is 3.31. The van der Waals surface area contributed by atoms with E-state index in [1.54, 1.807) is 0 Å². The van der Waals surface area contributed by atoms with Crippen molar-refractivity contribution in [1.82, 2.24) is 15.5 Å². The van der Waals surface area contributed by atoms with Crippen LogP contribution < -0.4 is 5.32 Å². The van der Waals surface area contributed by atoms with Crippen LogP contribution in [-0.2, 0) is 4.74 Å². The molecular formula is C16H21N3O2. The molecular weight excluding hydrogens is 266 g/mol. The summed E-state index contributed by atoms with van der Waals surface area (Å²) in [5.41, 5.74) is 1.05. The Balaban J connectivity index is 1.81. The Hall–Kier alpha value is -1.72. The molecule has 112 valence electrons. The molecule has 21 heavy (non-hydrogen) atoms. The average Bonchev–Trinajstić information content (AvgIpc) is 3.04. The second kappa shape index (κ2) is 6.83. The number of nitrogens with zero attached hydrogens (tertiary/aromatic N) is 2. The molecule has 0 amide bonds. The highest BCUT2D eigenvalue weighted by Crippen LogP contribution is 2.27. The first-order valence-electron chi connectivity index (χ1n) is 7.59. The standard InChI is InChI=1S/C16H21N3O2/c1-2-20-14(12-7-4-3-5-8-12)15-18-16(21-19-15)13-9-6-10-17-11-13/h3-5,7-8,13-14,17H,2,6,9-11H2,1H3. The fourth-order valence-corrected chi connectivity index (χ4v) is 2.70. The molecule has 1 fully saturated rings. The van der Waals surface area contributed by atoms with E-state index in [9.17, 15) is 0 Å². The smallest absolute Gasteiger partial charge is 0.231 e. The Labute approximate surface area is 124 Å². The predicted octanol–water partition coefficient (Wildman–Crippen LogP) is 2.66. The van der Waals surface area contributed by atoms with Crippen LogP contribution in [0, 0.1) is 0 Å². The fourth-order valence-electron chi connectivity index (χ4n) is 2.70. The number of nitrogens with one attached hydrogen (secondary N) is 1. The number of rotatable bonds is 5. The van der Waals surface area contributed by atoms with Crippen molar-refractivity contribution in [1.29, 1.82) is 0 Å². The van der Waals surface area contributed by atoms with E-state index in [0.717, 1.165) is 37.4 Å². The molecule has 0 saturated carbocycles. The van der Waals surface area contributed by atoms with Gasteiger partial charge in [0.15, 0.2) is 0 Å². The van der Waals surface area contributed by atoms with Crippen LogP contribution in [0.1, 0.15) is 49.1 Å². The van der Waals surface area contributed by atoms with Gasteiger partial charge in [0.1, 0.15) is 6.10 Å². The van der Waals surface area contributed by atoms with Crippen LogP contribution in [0.2, 0.25) is 0 Å². The summed E-state index contributed by atoms with van der Waals surface area (Å²) in [6.45, 7) is 4.56. The van der Waals surface area contributed by atoms with Crippen LogP contribution in [-0.4, -0.2) is 29.8 Å². The molecule has 1 aromatic carbocycles. The highest BCUT2D eigenvalue weighted by Gasteiger charge is 2.25. The first-order valence-corrected chi connectivity index (χ1v) is 7.59. The molecule has 1 N–H and O–H groups in total. The third-order valence-electron chi connectivity index (χ3n) is 3.77. The monoisotopic (exact) mass is 287 g/mol. The van der Waals surface area contributed by atoms with Crippen molar-refractivity contribution in [3.63, 3.8) is 0 Å². The van der Waals surface area contributed by atoms with Gasteiger partial charge in [-0.3, -0.25) is 0 Å². The van der Waals surface area contributed by atoms with E-state index in [1.165, 1.54) is 0 Å². The Bertz CT molecular complexity index is 550. The van der Waals surface area contributed by atoms with Gasteiger partial charge in [-0.15, -0.1) is 0 Å². The van der Waals surface area contributed by atoms with E-state index < -0.39 is 0 Å². The summed E-state index contributed by atoms with van der Waals surface area (Å²) < 4.78 is 11.3. The van der Waals surface area contributed by atoms with Crippen LogP contribution in [0.15, 0.2) is 34.9 Å². The largest absolute Gasteiger partial charge is 0.366 e. The van der Waals surface area contributed by atoms with Gasteiger partial charge in [0.2, 0.25) is 11.7 Å². The first-order chi connectivity index (χ1) is 10.4. The molecule has 5 nitrogen and oxygen atoms in total. The van der Waals surface area contributed by atoms with Gasteiger partial charge in [-0.2, -0.15) is 4.98 Å². The molecule has 1 saturated heterocycles. The summed E-state index contributed by atoms with van der Waals surface area (Å²) in [6, 6.07) is 10.0. The Morgan fingerprint density at radius 2 is 2.24 bits per heavy atom. The van der Waals surface area contributed by atoms with Crippen molar-refractivity contribution >= 4 is 0 Å². The topological polar surface area (TPSA) is 60.2 Å². The number of hydrogen-bond donors (Lipinski definition) is 1. The molecule has 2 atom stereocenters. The second-order valence-electron chi connectivity index (χ2n) is 5.28. The normalized spacial score (nSPS) is 20.3. The molecule has 5 heteroatoms. The number of ether oxygens (including phenoxy) is 1. The molecule has 2 unspecified atom stereocenters. The fraction of sp³-hybridized carbons (Fsp3) is 0.500. The maximum atomic E-state index is 5.81. The van der Waals surface area contributed by atoms with Gasteiger partial charge >= 0.3 is 0 Å². The van der Waals surface area contributed by atoms with Crippen LogP contribution in [0.3, 0.4) is 0 Å². The molecule has 2 aromatic rings. The van der Waals surface area contributed by atoms with E-state index in [2.05, 4.69) is 15.5 Å². The maximum Gasteiger partial charge on any atom is 0.231 e. The molecule has 0 aliphatic carbocycles. The highest BCUT2D eigenvalue weighted by atomic mass is 16.5. The van der Waals surface area contributed by atoms with Crippen molar-refractivity contribution in [2.75, 3.05) is 19.7 Å². The summed E-state index contributed by atoms with van der Waals surface area (Å²) in [7, 11) is 0. The lowest BCUT2D eigenvalue weighted by atomic mass is 10.00. The average molecular weight is 287 g/mol. The molecule has 0 spiro atoms. The second-order valence-corrected chi connectivity index (χ2v) is 5.28. The molecule has 0 bridgehead atoms. The zero-order valence-corrected chi connectivity index (χ0v) is 12.3. The van der Waals surface area contributed by atoms with E-state index >= 15 is 0 Å². The third-order valence-corrected chi connectivity index (χ3v) is 3.77. The number of piperidine rings is 1. The van der Waals surface area contributed by atoms with Crippen molar-refractivity contribution in [2.45, 2.75) is 31.8 Å². The van der Waals surface area contributed by atoms with Crippen LogP contribution >= 0.6 is 0 Å². The van der Waals surface area contributed by atoms with Crippen molar-refractivity contribution in [3.8, 4) is 0 Å². The van der Waals surface area contributed by atoms with Gasteiger partial charge in [0.05, 0.1) is 5.92 Å². The molecule has 1 aliphatic heterocycles. The molecule has 2 heterocycles. The molecule has 1 aliphatic rings. The van der Waals surface area contributed by atoms with Gasteiger partial charge in [0, 0.05) is 13.2 Å². The quantitative estimate of drug-likeness (QED) is 0.916. The minimum Gasteiger partial charge on any atom is -0.366 e. The summed E-state index contributed by atoms with van der Waals surface area (Å²) in [6.07, 6.45) is 1.99. The number of benzene rings is 1. The summed E-state index contributed by atoms with van der Waals surface area (Å²) in [5, 5.41) is 7.52. The molecule has 3 rings (SSSR count). The predicted molar refractivity (Wildman–Crippen MR) is 79.1 cm³/mol. The maximum absolute atomic E-state index is 5.81. The Morgan fingerprint density at radius 3 is 2.95 bits per heavy atom. The first kappa shape index (κ1) is 14.2. The lowest BCUT2D eigenvalue weighted by molar-refractivity contribution is 0.0833. The minimum absolute atomic E-state index is 0.259. The molecule has 0 radical (unpaired) electrons. The Morgan fingerprint density at radius 1 is 1.38 bits per heavy atom. The van der Waals surface area contributed by atoms with E-state index in [0.29, 0.717) is 18.3 Å². The van der Waals surface area contributed by atoms with Crippen LogP contribution in [0.25, 0.3) is 0 Å². The zero-order valence-electron chi connectivity index (χ0n) is 12.3. The van der Waals surface area contributed by atoms with Crippen molar-refractivity contribution in [3.05, 3.63) is 47.6 Å². The van der Waals surface area contributed by atoms with Crippen molar-refractivity contribution < 1.29 is 9.26 Å². The summed E-state index contributed by atoms with van der Waals surface area (Å²) in [5.74, 6) is 1.65. The SMILES string of the molecule is CCOC(c1ccccc1)c1noc(C2CCCNC2)n1.